The molecule has 0 unspecified atom stereocenters. The Kier molecular flexibility index (Phi) is 6.42. The number of halogens is 1. The molecule has 1 amide bonds. The van der Waals surface area contributed by atoms with E-state index in [1.165, 1.54) is 55.5 Å². The third-order valence-electron chi connectivity index (χ3n) is 3.71. The van der Waals surface area contributed by atoms with Gasteiger partial charge in [0.15, 0.2) is 18.2 Å². The van der Waals surface area contributed by atoms with Crippen LogP contribution >= 0.6 is 0 Å². The monoisotopic (exact) mass is 376 g/mol. The number of esters is 1. The lowest BCUT2D eigenvalue weighted by Crippen LogP contribution is -2.31. The minimum absolute atomic E-state index is 0.0861. The summed E-state index contributed by atoms with van der Waals surface area (Å²) in [5.74, 6) is -1.98. The van der Waals surface area contributed by atoms with Gasteiger partial charge in [-0.25, -0.2) is 9.18 Å². The summed E-state index contributed by atoms with van der Waals surface area (Å²) in [6.07, 6.45) is 0. The van der Waals surface area contributed by atoms with Crippen LogP contribution in [0.3, 0.4) is 0 Å². The van der Waals surface area contributed by atoms with Gasteiger partial charge < -0.3 is 14.4 Å². The highest BCUT2D eigenvalue weighted by molar-refractivity contribution is 5.95. The Morgan fingerprint density at radius 3 is 2.56 bits per heavy atom. The summed E-state index contributed by atoms with van der Waals surface area (Å²) >= 11 is 0. The SMILES string of the molecule is COc1ccc(CN(C)C(=O)COC(=O)c2ccccc2[N+](=O)[O-])cc1F. The summed E-state index contributed by atoms with van der Waals surface area (Å²) in [5, 5.41) is 10.9. The zero-order valence-corrected chi connectivity index (χ0v) is 14.7. The van der Waals surface area contributed by atoms with Gasteiger partial charge in [-0.1, -0.05) is 18.2 Å². The molecule has 9 heteroatoms. The molecule has 0 fully saturated rings. The number of ether oxygens (including phenoxy) is 2. The summed E-state index contributed by atoms with van der Waals surface area (Å²) in [5.41, 5.74) is -0.124. The molecule has 0 saturated heterocycles. The lowest BCUT2D eigenvalue weighted by atomic mass is 10.2. The van der Waals surface area contributed by atoms with Crippen LogP contribution in [0, 0.1) is 15.9 Å². The Balaban J connectivity index is 1.96. The molecule has 0 saturated carbocycles. The molecular weight excluding hydrogens is 359 g/mol. The van der Waals surface area contributed by atoms with Crippen LogP contribution in [-0.4, -0.2) is 42.5 Å². The van der Waals surface area contributed by atoms with Gasteiger partial charge in [-0.05, 0) is 23.8 Å². The predicted molar refractivity (Wildman–Crippen MR) is 92.8 cm³/mol. The highest BCUT2D eigenvalue weighted by Gasteiger charge is 2.22. The lowest BCUT2D eigenvalue weighted by molar-refractivity contribution is -0.385. The Bertz CT molecular complexity index is 871. The third-order valence-corrected chi connectivity index (χ3v) is 3.71. The number of hydrogen-bond donors (Lipinski definition) is 0. The smallest absolute Gasteiger partial charge is 0.345 e. The number of rotatable bonds is 7. The van der Waals surface area contributed by atoms with Crippen molar-refractivity contribution >= 4 is 17.6 Å². The first-order chi connectivity index (χ1) is 12.8. The minimum atomic E-state index is -0.973. The summed E-state index contributed by atoms with van der Waals surface area (Å²) in [6, 6.07) is 9.57. The Morgan fingerprint density at radius 2 is 1.93 bits per heavy atom. The van der Waals surface area contributed by atoms with Gasteiger partial charge in [-0.3, -0.25) is 14.9 Å². The average Bonchev–Trinajstić information content (AvgIpc) is 2.65. The van der Waals surface area contributed by atoms with Gasteiger partial charge >= 0.3 is 5.97 Å². The van der Waals surface area contributed by atoms with E-state index in [4.69, 9.17) is 9.47 Å². The Hall–Kier alpha value is -3.49. The normalized spacial score (nSPS) is 10.2. The van der Waals surface area contributed by atoms with Crippen molar-refractivity contribution in [2.24, 2.45) is 0 Å². The van der Waals surface area contributed by atoms with E-state index in [-0.39, 0.29) is 17.9 Å². The topological polar surface area (TPSA) is 99.0 Å². The highest BCUT2D eigenvalue weighted by atomic mass is 19.1. The fourth-order valence-corrected chi connectivity index (χ4v) is 2.29. The molecule has 142 valence electrons. The van der Waals surface area contributed by atoms with Crippen molar-refractivity contribution in [1.29, 1.82) is 0 Å². The van der Waals surface area contributed by atoms with Crippen molar-refractivity contribution in [3.05, 3.63) is 69.5 Å². The maximum atomic E-state index is 13.7. The van der Waals surface area contributed by atoms with Crippen LogP contribution in [0.2, 0.25) is 0 Å². The molecule has 0 heterocycles. The molecular formula is C18H17FN2O6. The van der Waals surface area contributed by atoms with E-state index < -0.39 is 34.9 Å². The molecule has 0 atom stereocenters. The first kappa shape index (κ1) is 19.8. The lowest BCUT2D eigenvalue weighted by Gasteiger charge is -2.17. The van der Waals surface area contributed by atoms with E-state index >= 15 is 0 Å². The number of nitro benzene ring substituents is 1. The molecule has 0 aliphatic rings. The molecule has 0 spiro atoms. The quantitative estimate of drug-likeness (QED) is 0.418. The fourth-order valence-electron chi connectivity index (χ4n) is 2.29. The van der Waals surface area contributed by atoms with E-state index in [1.807, 2.05) is 0 Å². The number of hydrogen-bond acceptors (Lipinski definition) is 6. The van der Waals surface area contributed by atoms with Crippen LogP contribution in [-0.2, 0) is 16.1 Å². The minimum Gasteiger partial charge on any atom is -0.494 e. The van der Waals surface area contributed by atoms with Crippen molar-refractivity contribution in [3.8, 4) is 5.75 Å². The van der Waals surface area contributed by atoms with E-state index in [0.717, 1.165) is 0 Å². The average molecular weight is 376 g/mol. The number of para-hydroxylation sites is 1. The first-order valence-corrected chi connectivity index (χ1v) is 7.80. The number of methoxy groups -OCH3 is 1. The van der Waals surface area contributed by atoms with Crippen LogP contribution < -0.4 is 4.74 Å². The number of carbonyl (C=O) groups excluding carboxylic acids is 2. The van der Waals surface area contributed by atoms with Gasteiger partial charge in [0, 0.05) is 19.7 Å². The molecule has 0 N–H and O–H groups in total. The standard InChI is InChI=1S/C18H17FN2O6/c1-20(10-12-7-8-16(26-2)14(19)9-12)17(22)11-27-18(23)13-5-3-4-6-15(13)21(24)25/h3-9H,10-11H2,1-2H3. The number of carbonyl (C=O) groups is 2. The number of nitro groups is 1. The first-order valence-electron chi connectivity index (χ1n) is 7.80. The second-order valence-corrected chi connectivity index (χ2v) is 5.57. The molecule has 27 heavy (non-hydrogen) atoms. The molecule has 2 aromatic rings. The number of amides is 1. The van der Waals surface area contributed by atoms with Gasteiger partial charge in [0.2, 0.25) is 0 Å². The molecule has 2 rings (SSSR count). The van der Waals surface area contributed by atoms with Crippen molar-refractivity contribution in [3.63, 3.8) is 0 Å². The number of likely N-dealkylation sites (N-methyl/N-ethyl adjacent to an activating group) is 1. The van der Waals surface area contributed by atoms with Crippen LogP contribution in [0.25, 0.3) is 0 Å². The molecule has 0 aromatic heterocycles. The van der Waals surface area contributed by atoms with Gasteiger partial charge in [0.25, 0.3) is 11.6 Å². The zero-order chi connectivity index (χ0) is 20.0. The highest BCUT2D eigenvalue weighted by Crippen LogP contribution is 2.19. The molecule has 2 aromatic carbocycles. The van der Waals surface area contributed by atoms with Crippen LogP contribution in [0.1, 0.15) is 15.9 Å². The maximum absolute atomic E-state index is 13.7. The van der Waals surface area contributed by atoms with Gasteiger partial charge in [0.05, 0.1) is 12.0 Å². The van der Waals surface area contributed by atoms with Crippen LogP contribution in [0.5, 0.6) is 5.75 Å². The summed E-state index contributed by atoms with van der Waals surface area (Å²) in [7, 11) is 2.81. The number of nitrogens with zero attached hydrogens (tertiary/aromatic N) is 2. The van der Waals surface area contributed by atoms with Gasteiger partial charge in [-0.2, -0.15) is 0 Å². The third kappa shape index (κ3) is 5.00. The van der Waals surface area contributed by atoms with E-state index in [1.54, 1.807) is 6.07 Å². The van der Waals surface area contributed by atoms with Gasteiger partial charge in [0.1, 0.15) is 5.56 Å². The van der Waals surface area contributed by atoms with Crippen molar-refractivity contribution in [2.75, 3.05) is 20.8 Å². The summed E-state index contributed by atoms with van der Waals surface area (Å²) < 4.78 is 23.4. The molecule has 8 nitrogen and oxygen atoms in total. The van der Waals surface area contributed by atoms with Crippen molar-refractivity contribution in [1.82, 2.24) is 4.90 Å². The largest absolute Gasteiger partial charge is 0.494 e. The van der Waals surface area contributed by atoms with E-state index in [0.29, 0.717) is 5.56 Å². The summed E-state index contributed by atoms with van der Waals surface area (Å²) in [6.45, 7) is -0.511. The second-order valence-electron chi connectivity index (χ2n) is 5.57. The number of benzene rings is 2. The molecule has 0 radical (unpaired) electrons. The van der Waals surface area contributed by atoms with Crippen molar-refractivity contribution < 1.29 is 28.4 Å². The van der Waals surface area contributed by atoms with Crippen molar-refractivity contribution in [2.45, 2.75) is 6.54 Å². The Morgan fingerprint density at radius 1 is 1.22 bits per heavy atom. The second kappa shape index (κ2) is 8.75. The molecule has 0 aliphatic heterocycles. The molecule has 0 bridgehead atoms. The molecule has 0 aliphatic carbocycles. The predicted octanol–water partition coefficient (Wildman–Crippen LogP) is 2.56. The van der Waals surface area contributed by atoms with E-state index in [9.17, 15) is 24.1 Å². The summed E-state index contributed by atoms with van der Waals surface area (Å²) in [4.78, 5) is 35.6. The fraction of sp³-hybridized carbons (Fsp3) is 0.222. The van der Waals surface area contributed by atoms with E-state index in [2.05, 4.69) is 0 Å². The van der Waals surface area contributed by atoms with Crippen LogP contribution in [0.15, 0.2) is 42.5 Å². The Labute approximate surface area is 154 Å². The zero-order valence-electron chi connectivity index (χ0n) is 14.7. The maximum Gasteiger partial charge on any atom is 0.345 e. The van der Waals surface area contributed by atoms with Crippen LogP contribution in [0.4, 0.5) is 10.1 Å². The van der Waals surface area contributed by atoms with Gasteiger partial charge in [-0.15, -0.1) is 0 Å².